The predicted molar refractivity (Wildman–Crippen MR) is 124 cm³/mol. The highest BCUT2D eigenvalue weighted by atomic mass is 16.6. The Kier molecular flexibility index (Phi) is 6.39. The van der Waals surface area contributed by atoms with E-state index >= 15 is 0 Å². The molecule has 1 amide bonds. The van der Waals surface area contributed by atoms with E-state index in [1.54, 1.807) is 25.1 Å². The van der Waals surface area contributed by atoms with Gasteiger partial charge in [-0.25, -0.2) is 0 Å². The number of nitrogens with one attached hydrogen (secondary N) is 1. The van der Waals surface area contributed by atoms with Crippen molar-refractivity contribution in [3.63, 3.8) is 0 Å². The molecule has 1 fully saturated rings. The summed E-state index contributed by atoms with van der Waals surface area (Å²) in [5.74, 6) is 0.521. The molecule has 8 heteroatoms. The summed E-state index contributed by atoms with van der Waals surface area (Å²) in [6, 6.07) is 15.7. The lowest BCUT2D eigenvalue weighted by atomic mass is 10.1. The molecule has 4 rings (SSSR count). The van der Waals surface area contributed by atoms with Gasteiger partial charge < -0.3 is 10.2 Å². The van der Waals surface area contributed by atoms with Crippen LogP contribution in [0.3, 0.4) is 0 Å². The van der Waals surface area contributed by atoms with E-state index in [1.165, 1.54) is 37.8 Å². The first-order chi connectivity index (χ1) is 15.5. The van der Waals surface area contributed by atoms with Crippen LogP contribution in [0.15, 0.2) is 54.6 Å². The topological polar surface area (TPSA) is 101 Å². The number of carbonyl (C=O) groups excluding carboxylic acids is 1. The van der Waals surface area contributed by atoms with Gasteiger partial charge in [0.2, 0.25) is 0 Å². The van der Waals surface area contributed by atoms with E-state index in [4.69, 9.17) is 0 Å². The lowest BCUT2D eigenvalue weighted by molar-refractivity contribution is -0.385. The zero-order chi connectivity index (χ0) is 22.5. The van der Waals surface area contributed by atoms with Gasteiger partial charge >= 0.3 is 0 Å². The fourth-order valence-electron chi connectivity index (χ4n) is 3.94. The zero-order valence-corrected chi connectivity index (χ0v) is 18.0. The number of anilines is 2. The smallest absolute Gasteiger partial charge is 0.273 e. The Balaban J connectivity index is 1.45. The molecular weight excluding hydrogens is 406 g/mol. The molecule has 1 N–H and O–H groups in total. The average Bonchev–Trinajstić information content (AvgIpc) is 3.09. The molecule has 1 saturated heterocycles. The second kappa shape index (κ2) is 9.55. The maximum Gasteiger partial charge on any atom is 0.273 e. The molecule has 164 valence electrons. The predicted octanol–water partition coefficient (Wildman–Crippen LogP) is 4.99. The van der Waals surface area contributed by atoms with E-state index in [0.29, 0.717) is 11.3 Å². The second-order valence-corrected chi connectivity index (χ2v) is 7.92. The largest absolute Gasteiger partial charge is 0.355 e. The molecule has 0 unspecified atom stereocenters. The molecule has 32 heavy (non-hydrogen) atoms. The summed E-state index contributed by atoms with van der Waals surface area (Å²) in [6.45, 7) is 3.61. The summed E-state index contributed by atoms with van der Waals surface area (Å²) in [5, 5.41) is 22.7. The van der Waals surface area contributed by atoms with Crippen molar-refractivity contribution < 1.29 is 9.72 Å². The Hall–Kier alpha value is -3.81. The van der Waals surface area contributed by atoms with Gasteiger partial charge in [0.15, 0.2) is 5.82 Å². The van der Waals surface area contributed by atoms with Crippen LogP contribution in [0.5, 0.6) is 0 Å². The molecule has 0 saturated carbocycles. The molecular formula is C24H25N5O3. The molecule has 2 aromatic carbocycles. The first-order valence-electron chi connectivity index (χ1n) is 10.8. The van der Waals surface area contributed by atoms with Crippen LogP contribution in [0.1, 0.15) is 41.6 Å². The maximum atomic E-state index is 12.6. The number of nitro benzene ring substituents is 1. The Labute approximate surface area is 186 Å². The van der Waals surface area contributed by atoms with Crippen LogP contribution in [0.25, 0.3) is 11.3 Å². The fourth-order valence-corrected chi connectivity index (χ4v) is 3.94. The third-order valence-electron chi connectivity index (χ3n) is 5.77. The molecule has 1 aliphatic heterocycles. The Morgan fingerprint density at radius 2 is 1.69 bits per heavy atom. The van der Waals surface area contributed by atoms with Crippen molar-refractivity contribution >= 4 is 23.1 Å². The van der Waals surface area contributed by atoms with E-state index in [-0.39, 0.29) is 17.2 Å². The first-order valence-corrected chi connectivity index (χ1v) is 10.8. The van der Waals surface area contributed by atoms with Crippen molar-refractivity contribution in [2.75, 3.05) is 23.3 Å². The van der Waals surface area contributed by atoms with Crippen LogP contribution >= 0.6 is 0 Å². The van der Waals surface area contributed by atoms with Crippen LogP contribution in [-0.4, -0.2) is 34.1 Å². The van der Waals surface area contributed by atoms with Gasteiger partial charge in [-0.05, 0) is 50.1 Å². The quantitative estimate of drug-likeness (QED) is 0.451. The van der Waals surface area contributed by atoms with Crippen LogP contribution in [0.4, 0.5) is 17.2 Å². The van der Waals surface area contributed by atoms with E-state index in [2.05, 4.69) is 20.4 Å². The van der Waals surface area contributed by atoms with Crippen molar-refractivity contribution in [3.05, 3.63) is 75.8 Å². The highest BCUT2D eigenvalue weighted by Gasteiger charge is 2.18. The summed E-state index contributed by atoms with van der Waals surface area (Å²) < 4.78 is 0. The monoisotopic (exact) mass is 431 g/mol. The van der Waals surface area contributed by atoms with E-state index < -0.39 is 4.92 Å². The van der Waals surface area contributed by atoms with Gasteiger partial charge in [-0.2, -0.15) is 0 Å². The molecule has 0 radical (unpaired) electrons. The van der Waals surface area contributed by atoms with Gasteiger partial charge in [-0.1, -0.05) is 31.0 Å². The number of hydrogen-bond donors (Lipinski definition) is 1. The van der Waals surface area contributed by atoms with Crippen LogP contribution in [0.2, 0.25) is 0 Å². The number of benzene rings is 2. The van der Waals surface area contributed by atoms with Crippen molar-refractivity contribution in [1.82, 2.24) is 10.2 Å². The minimum absolute atomic E-state index is 0.0739. The minimum Gasteiger partial charge on any atom is -0.355 e. The van der Waals surface area contributed by atoms with Crippen LogP contribution in [-0.2, 0) is 0 Å². The fraction of sp³-hybridized carbons (Fsp3) is 0.292. The minimum atomic E-state index is -0.486. The van der Waals surface area contributed by atoms with Gasteiger partial charge in [0, 0.05) is 41.5 Å². The second-order valence-electron chi connectivity index (χ2n) is 7.92. The summed E-state index contributed by atoms with van der Waals surface area (Å²) in [6.07, 6.45) is 4.91. The molecule has 0 aliphatic carbocycles. The molecule has 8 nitrogen and oxygen atoms in total. The normalized spacial score (nSPS) is 14.0. The van der Waals surface area contributed by atoms with Crippen molar-refractivity contribution in [1.29, 1.82) is 0 Å². The lowest BCUT2D eigenvalue weighted by Gasteiger charge is -2.20. The Bertz CT molecular complexity index is 1110. The van der Waals surface area contributed by atoms with Gasteiger partial charge in [-0.3, -0.25) is 14.9 Å². The third-order valence-corrected chi connectivity index (χ3v) is 5.77. The summed E-state index contributed by atoms with van der Waals surface area (Å²) in [7, 11) is 0. The zero-order valence-electron chi connectivity index (χ0n) is 18.0. The van der Waals surface area contributed by atoms with Gasteiger partial charge in [0.1, 0.15) is 0 Å². The first kappa shape index (κ1) is 21.4. The standard InChI is InChI=1S/C24H25N5O3/c1-17-20(7-6-8-22(17)29(31)32)24(30)25-19-11-9-18(10-12-19)21-13-14-23(27-26-21)28-15-4-2-3-5-16-28/h6-14H,2-5,15-16H2,1H3,(H,25,30). The molecule has 1 aromatic heterocycles. The molecule has 3 aromatic rings. The Morgan fingerprint density at radius 3 is 2.31 bits per heavy atom. The number of amides is 1. The number of nitrogens with zero attached hydrogens (tertiary/aromatic N) is 4. The molecule has 1 aliphatic rings. The number of rotatable bonds is 5. The highest BCUT2D eigenvalue weighted by molar-refractivity contribution is 6.05. The number of nitro groups is 1. The molecule has 2 heterocycles. The Morgan fingerprint density at radius 1 is 0.969 bits per heavy atom. The SMILES string of the molecule is Cc1c(C(=O)Nc2ccc(-c3ccc(N4CCCCCC4)nn3)cc2)cccc1[N+](=O)[O-]. The van der Waals surface area contributed by atoms with Gasteiger partial charge in [0.05, 0.1) is 10.6 Å². The van der Waals surface area contributed by atoms with Crippen molar-refractivity contribution in [2.24, 2.45) is 0 Å². The number of carbonyl (C=O) groups is 1. The highest BCUT2D eigenvalue weighted by Crippen LogP contribution is 2.24. The molecule has 0 spiro atoms. The van der Waals surface area contributed by atoms with E-state index in [0.717, 1.165) is 30.2 Å². The molecule has 0 atom stereocenters. The van der Waals surface area contributed by atoms with E-state index in [9.17, 15) is 14.9 Å². The van der Waals surface area contributed by atoms with Crippen LogP contribution in [0, 0.1) is 17.0 Å². The number of hydrogen-bond acceptors (Lipinski definition) is 6. The van der Waals surface area contributed by atoms with Crippen molar-refractivity contribution in [3.8, 4) is 11.3 Å². The van der Waals surface area contributed by atoms with Gasteiger partial charge in [0.25, 0.3) is 11.6 Å². The van der Waals surface area contributed by atoms with Crippen molar-refractivity contribution in [2.45, 2.75) is 32.6 Å². The average molecular weight is 431 g/mol. The molecule has 0 bridgehead atoms. The van der Waals surface area contributed by atoms with Gasteiger partial charge in [-0.15, -0.1) is 10.2 Å². The summed E-state index contributed by atoms with van der Waals surface area (Å²) in [4.78, 5) is 25.5. The number of aromatic nitrogens is 2. The maximum absolute atomic E-state index is 12.6. The summed E-state index contributed by atoms with van der Waals surface area (Å²) >= 11 is 0. The summed E-state index contributed by atoms with van der Waals surface area (Å²) in [5.41, 5.74) is 2.79. The van der Waals surface area contributed by atoms with Crippen LogP contribution < -0.4 is 10.2 Å². The lowest BCUT2D eigenvalue weighted by Crippen LogP contribution is -2.25. The van der Waals surface area contributed by atoms with E-state index in [1.807, 2.05) is 24.3 Å². The third kappa shape index (κ3) is 4.74.